The molecule has 3 N–H and O–H groups in total. The number of hydrogen-bond donors (Lipinski definition) is 3. The third-order valence-electron chi connectivity index (χ3n) is 2.07. The van der Waals surface area contributed by atoms with E-state index < -0.39 is 41.3 Å². The lowest BCUT2D eigenvalue weighted by Crippen LogP contribution is -2.44. The van der Waals surface area contributed by atoms with Crippen molar-refractivity contribution in [2.75, 3.05) is 5.32 Å². The molecule has 1 rings (SSSR count). The van der Waals surface area contributed by atoms with Gasteiger partial charge in [0, 0.05) is 6.07 Å². The van der Waals surface area contributed by atoms with Gasteiger partial charge in [0.2, 0.25) is 5.96 Å². The van der Waals surface area contributed by atoms with Crippen LogP contribution in [-0.4, -0.2) is 33.8 Å². The summed E-state index contributed by atoms with van der Waals surface area (Å²) in [5.41, 5.74) is -2.12. The van der Waals surface area contributed by atoms with Crippen LogP contribution in [0.4, 0.5) is 32.2 Å². The van der Waals surface area contributed by atoms with Gasteiger partial charge in [0.25, 0.3) is 0 Å². The first-order valence-electron chi connectivity index (χ1n) is 6.06. The molecule has 1 aromatic rings. The fourth-order valence-electron chi connectivity index (χ4n) is 1.25. The van der Waals surface area contributed by atoms with Gasteiger partial charge in [0.1, 0.15) is 5.69 Å². The van der Waals surface area contributed by atoms with Gasteiger partial charge in [-0.2, -0.15) is 31.4 Å². The van der Waals surface area contributed by atoms with Gasteiger partial charge in [-0.25, -0.2) is 4.99 Å². The van der Waals surface area contributed by atoms with E-state index in [0.717, 1.165) is 0 Å². The van der Waals surface area contributed by atoms with E-state index >= 15 is 0 Å². The summed E-state index contributed by atoms with van der Waals surface area (Å²) in [6.07, 6.45) is -9.88. The summed E-state index contributed by atoms with van der Waals surface area (Å²) in [5, 5.41) is 8.48. The Morgan fingerprint density at radius 2 is 1.74 bits per heavy atom. The average Bonchev–Trinajstić information content (AvgIpc) is 2.73. The van der Waals surface area contributed by atoms with Crippen molar-refractivity contribution in [3.05, 3.63) is 11.8 Å². The third-order valence-corrected chi connectivity index (χ3v) is 2.07. The predicted molar refractivity (Wildman–Crippen MR) is 68.6 cm³/mol. The first-order chi connectivity index (χ1) is 10.2. The van der Waals surface area contributed by atoms with Crippen molar-refractivity contribution in [3.63, 3.8) is 0 Å². The number of alkyl halides is 6. The van der Waals surface area contributed by atoms with E-state index in [4.69, 9.17) is 0 Å². The number of anilines is 1. The first-order valence-corrected chi connectivity index (χ1v) is 6.06. The van der Waals surface area contributed by atoms with Crippen molar-refractivity contribution in [3.8, 4) is 0 Å². The number of carbonyl (C=O) groups excluding carboxylic acids is 1. The van der Waals surface area contributed by atoms with Crippen molar-refractivity contribution < 1.29 is 31.1 Å². The van der Waals surface area contributed by atoms with Gasteiger partial charge in [-0.1, -0.05) is 0 Å². The normalized spacial score (nSPS) is 13.9. The Hall–Kier alpha value is -2.27. The van der Waals surface area contributed by atoms with Gasteiger partial charge < -0.3 is 5.32 Å². The van der Waals surface area contributed by atoms with Crippen LogP contribution in [0.2, 0.25) is 0 Å². The number of aromatic amines is 1. The van der Waals surface area contributed by atoms with E-state index in [1.54, 1.807) is 5.10 Å². The van der Waals surface area contributed by atoms with Crippen LogP contribution in [0.3, 0.4) is 0 Å². The monoisotopic (exact) mass is 345 g/mol. The second-order valence-corrected chi connectivity index (χ2v) is 5.37. The van der Waals surface area contributed by atoms with E-state index in [9.17, 15) is 31.1 Å². The zero-order valence-corrected chi connectivity index (χ0v) is 12.1. The molecule has 1 heterocycles. The fourth-order valence-corrected chi connectivity index (χ4v) is 1.25. The summed E-state index contributed by atoms with van der Waals surface area (Å²) < 4.78 is 74.1. The highest BCUT2D eigenvalue weighted by Gasteiger charge is 2.39. The summed E-state index contributed by atoms with van der Waals surface area (Å²) in [7, 11) is 0. The highest BCUT2D eigenvalue weighted by Crippen LogP contribution is 2.28. The number of rotatable bonds is 1. The molecule has 23 heavy (non-hydrogen) atoms. The third kappa shape index (κ3) is 6.16. The number of aromatic nitrogens is 2. The zero-order chi connectivity index (χ0) is 18.1. The first kappa shape index (κ1) is 18.8. The van der Waals surface area contributed by atoms with Crippen LogP contribution in [0, 0.1) is 0 Å². The van der Waals surface area contributed by atoms with Gasteiger partial charge >= 0.3 is 18.3 Å². The van der Waals surface area contributed by atoms with E-state index in [1.165, 1.54) is 26.1 Å². The summed E-state index contributed by atoms with van der Waals surface area (Å²) in [6.45, 7) is 4.54. The SMILES string of the molecule is CC(C)(C)N=C(NC(=O)C(F)(F)F)Nc1cc(C(F)(F)F)[nH]n1. The molecule has 0 saturated heterocycles. The molecule has 12 heteroatoms. The summed E-state index contributed by atoms with van der Waals surface area (Å²) in [4.78, 5) is 14.7. The maximum Gasteiger partial charge on any atom is 0.471 e. The van der Waals surface area contributed by atoms with E-state index in [2.05, 4.69) is 15.4 Å². The quantitative estimate of drug-likeness (QED) is 0.416. The van der Waals surface area contributed by atoms with Gasteiger partial charge in [-0.3, -0.25) is 15.2 Å². The minimum atomic E-state index is -5.18. The molecule has 0 aromatic carbocycles. The van der Waals surface area contributed by atoms with Gasteiger partial charge in [0.15, 0.2) is 5.82 Å². The van der Waals surface area contributed by atoms with Crippen molar-refractivity contribution in [2.24, 2.45) is 4.99 Å². The molecule has 1 amide bonds. The lowest BCUT2D eigenvalue weighted by Gasteiger charge is -2.17. The van der Waals surface area contributed by atoms with Crippen molar-refractivity contribution in [1.82, 2.24) is 15.5 Å². The lowest BCUT2D eigenvalue weighted by atomic mass is 10.1. The second-order valence-electron chi connectivity index (χ2n) is 5.37. The lowest BCUT2D eigenvalue weighted by molar-refractivity contribution is -0.171. The van der Waals surface area contributed by atoms with Gasteiger partial charge in [0.05, 0.1) is 5.54 Å². The highest BCUT2D eigenvalue weighted by molar-refractivity contribution is 6.05. The molecular weight excluding hydrogens is 332 g/mol. The Bertz CT molecular complexity index is 595. The molecule has 130 valence electrons. The predicted octanol–water partition coefficient (Wildman–Crippen LogP) is 2.67. The van der Waals surface area contributed by atoms with Crippen LogP contribution in [0.15, 0.2) is 11.1 Å². The Balaban J connectivity index is 3.01. The average molecular weight is 345 g/mol. The second kappa shape index (κ2) is 6.08. The van der Waals surface area contributed by atoms with E-state index in [-0.39, 0.29) is 0 Å². The summed E-state index contributed by atoms with van der Waals surface area (Å²) in [5.74, 6) is -3.46. The minimum Gasteiger partial charge on any atom is -0.309 e. The topological polar surface area (TPSA) is 82.2 Å². The van der Waals surface area contributed by atoms with Crippen LogP contribution < -0.4 is 10.6 Å². The number of guanidine groups is 1. The molecule has 0 unspecified atom stereocenters. The molecule has 0 bridgehead atoms. The molecule has 0 aliphatic rings. The molecule has 0 fully saturated rings. The Kier molecular flexibility index (Phi) is 4.97. The smallest absolute Gasteiger partial charge is 0.309 e. The Morgan fingerprint density at radius 1 is 1.17 bits per heavy atom. The van der Waals surface area contributed by atoms with Gasteiger partial charge in [-0.05, 0) is 20.8 Å². The molecular formula is C11H13F6N5O. The van der Waals surface area contributed by atoms with Gasteiger partial charge in [-0.15, -0.1) is 0 Å². The van der Waals surface area contributed by atoms with Crippen LogP contribution in [-0.2, 0) is 11.0 Å². The molecule has 0 aliphatic carbocycles. The largest absolute Gasteiger partial charge is 0.471 e. The van der Waals surface area contributed by atoms with Crippen LogP contribution in [0.25, 0.3) is 0 Å². The van der Waals surface area contributed by atoms with Crippen molar-refractivity contribution in [1.29, 1.82) is 0 Å². The van der Waals surface area contributed by atoms with Crippen LogP contribution >= 0.6 is 0 Å². The molecule has 0 radical (unpaired) electrons. The zero-order valence-electron chi connectivity index (χ0n) is 12.1. The molecule has 0 spiro atoms. The molecule has 1 aromatic heterocycles. The van der Waals surface area contributed by atoms with Crippen LogP contribution in [0.1, 0.15) is 26.5 Å². The van der Waals surface area contributed by atoms with Crippen LogP contribution in [0.5, 0.6) is 0 Å². The number of hydrogen-bond acceptors (Lipinski definition) is 3. The molecule has 0 atom stereocenters. The van der Waals surface area contributed by atoms with Crippen molar-refractivity contribution >= 4 is 17.7 Å². The van der Waals surface area contributed by atoms with Crippen molar-refractivity contribution in [2.45, 2.75) is 38.7 Å². The number of halogens is 6. The standard InChI is InChI=1S/C11H13F6N5O/c1-9(2,3)20-8(19-7(23)11(15,16)17)18-6-4-5(21-22-6)10(12,13)14/h4H,1-3H3,(H3,18,19,20,21,22,23). The minimum absolute atomic E-state index is 0.456. The Labute approximate surface area is 126 Å². The summed E-state index contributed by atoms with van der Waals surface area (Å²) in [6, 6.07) is 0.526. The number of nitrogens with zero attached hydrogens (tertiary/aromatic N) is 2. The maximum atomic E-state index is 12.4. The molecule has 6 nitrogen and oxygen atoms in total. The number of carbonyl (C=O) groups is 1. The molecule has 0 saturated carbocycles. The van der Waals surface area contributed by atoms with E-state index in [1.807, 2.05) is 0 Å². The van der Waals surface area contributed by atoms with E-state index in [0.29, 0.717) is 6.07 Å². The fraction of sp³-hybridized carbons (Fsp3) is 0.545. The maximum absolute atomic E-state index is 12.4. The summed E-state index contributed by atoms with van der Waals surface area (Å²) >= 11 is 0. The molecule has 0 aliphatic heterocycles. The Morgan fingerprint density at radius 3 is 2.13 bits per heavy atom. The number of nitrogens with one attached hydrogen (secondary N) is 3. The number of H-pyrrole nitrogens is 1. The number of amides is 1. The number of aliphatic imine (C=N–C) groups is 1. The highest BCUT2D eigenvalue weighted by atomic mass is 19.4.